The summed E-state index contributed by atoms with van der Waals surface area (Å²) in [5.41, 5.74) is 3.75. The Morgan fingerprint density at radius 1 is 0.846 bits per heavy atom. The Kier molecular flexibility index (Phi) is 7.09. The number of ether oxygens (including phenoxy) is 1. The van der Waals surface area contributed by atoms with Gasteiger partial charge in [-0.1, -0.05) is 59.7 Å². The average molecular weight is 353 g/mol. The maximum Gasteiger partial charge on any atom is 0.306 e. The second kappa shape index (κ2) is 9.51. The predicted molar refractivity (Wildman–Crippen MR) is 98.7 cm³/mol. The number of hydrogen-bond donors (Lipinski definition) is 1. The van der Waals surface area contributed by atoms with Crippen LogP contribution in [0.3, 0.4) is 0 Å². The number of nitrogens with one attached hydrogen (secondary N) is 1. The Labute approximate surface area is 153 Å². The Bertz CT molecular complexity index is 764. The van der Waals surface area contributed by atoms with E-state index in [1.807, 2.05) is 50.2 Å². The van der Waals surface area contributed by atoms with Gasteiger partial charge in [0.1, 0.15) is 0 Å². The summed E-state index contributed by atoms with van der Waals surface area (Å²) >= 11 is 0. The summed E-state index contributed by atoms with van der Waals surface area (Å²) in [6.07, 6.45) is 0.0187. The number of carbonyl (C=O) groups excluding carboxylic acids is 3. The summed E-state index contributed by atoms with van der Waals surface area (Å²) in [6.45, 7) is 3.97. The first-order valence-electron chi connectivity index (χ1n) is 8.52. The van der Waals surface area contributed by atoms with Crippen molar-refractivity contribution in [3.8, 4) is 0 Å². The molecule has 0 spiro atoms. The van der Waals surface area contributed by atoms with Crippen LogP contribution in [0, 0.1) is 13.8 Å². The summed E-state index contributed by atoms with van der Waals surface area (Å²) in [6, 6.07) is 15.0. The van der Waals surface area contributed by atoms with Gasteiger partial charge in [-0.05, 0) is 19.4 Å². The van der Waals surface area contributed by atoms with Crippen molar-refractivity contribution in [3.05, 3.63) is 70.8 Å². The number of rotatable bonds is 8. The number of carbonyl (C=O) groups is 3. The van der Waals surface area contributed by atoms with Gasteiger partial charge < -0.3 is 10.1 Å². The molecule has 0 unspecified atom stereocenters. The third-order valence-corrected chi connectivity index (χ3v) is 3.90. The van der Waals surface area contributed by atoms with E-state index in [1.54, 1.807) is 12.1 Å². The van der Waals surface area contributed by atoms with E-state index in [-0.39, 0.29) is 31.1 Å². The molecule has 5 heteroatoms. The Balaban J connectivity index is 1.66. The summed E-state index contributed by atoms with van der Waals surface area (Å²) < 4.78 is 4.91. The van der Waals surface area contributed by atoms with Gasteiger partial charge in [-0.15, -0.1) is 0 Å². The van der Waals surface area contributed by atoms with Gasteiger partial charge in [0.15, 0.2) is 12.4 Å². The fourth-order valence-corrected chi connectivity index (χ4v) is 2.28. The van der Waals surface area contributed by atoms with Crippen LogP contribution < -0.4 is 5.32 Å². The maximum atomic E-state index is 12.0. The molecule has 0 aliphatic carbocycles. The maximum absolute atomic E-state index is 12.0. The molecule has 0 heterocycles. The minimum absolute atomic E-state index is 0.0437. The molecule has 136 valence electrons. The van der Waals surface area contributed by atoms with Gasteiger partial charge in [0.2, 0.25) is 0 Å². The van der Waals surface area contributed by atoms with Crippen molar-refractivity contribution in [3.63, 3.8) is 0 Å². The lowest BCUT2D eigenvalue weighted by Gasteiger charge is -2.07. The summed E-state index contributed by atoms with van der Waals surface area (Å²) in [5, 5.41) is 2.69. The molecule has 0 radical (unpaired) electrons. The smallest absolute Gasteiger partial charge is 0.306 e. The highest BCUT2D eigenvalue weighted by molar-refractivity contribution is 5.97. The lowest BCUT2D eigenvalue weighted by Crippen LogP contribution is -2.28. The molecule has 2 aromatic rings. The molecule has 2 aromatic carbocycles. The summed E-state index contributed by atoms with van der Waals surface area (Å²) in [7, 11) is 0. The number of hydrogen-bond acceptors (Lipinski definition) is 4. The van der Waals surface area contributed by atoms with Crippen molar-refractivity contribution >= 4 is 17.7 Å². The molecule has 0 aliphatic rings. The Morgan fingerprint density at radius 3 is 2.04 bits per heavy atom. The number of benzene rings is 2. The normalized spacial score (nSPS) is 10.2. The molecular weight excluding hydrogens is 330 g/mol. The zero-order chi connectivity index (χ0) is 18.9. The Hall–Kier alpha value is -2.95. The molecule has 0 fully saturated rings. The average Bonchev–Trinajstić information content (AvgIpc) is 2.64. The van der Waals surface area contributed by atoms with Crippen LogP contribution >= 0.6 is 0 Å². The van der Waals surface area contributed by atoms with Gasteiger partial charge >= 0.3 is 5.97 Å². The van der Waals surface area contributed by atoms with Gasteiger partial charge in [-0.25, -0.2) is 0 Å². The molecule has 0 saturated carbocycles. The molecule has 26 heavy (non-hydrogen) atoms. The summed E-state index contributed by atoms with van der Waals surface area (Å²) in [4.78, 5) is 35.4. The standard InChI is InChI=1S/C21H23NO4/c1-15-3-7-17(8-4-15)13-22-20(24)14-26-21(25)12-11-19(23)18-9-5-16(2)6-10-18/h3-10H,11-14H2,1-2H3,(H,22,24). The van der Waals surface area contributed by atoms with Crippen LogP contribution in [-0.2, 0) is 20.9 Å². The highest BCUT2D eigenvalue weighted by atomic mass is 16.5. The van der Waals surface area contributed by atoms with E-state index < -0.39 is 5.97 Å². The molecule has 0 aliphatic heterocycles. The fourth-order valence-electron chi connectivity index (χ4n) is 2.28. The van der Waals surface area contributed by atoms with Crippen molar-refractivity contribution < 1.29 is 19.1 Å². The predicted octanol–water partition coefficient (Wildman–Crippen LogP) is 3.13. The molecule has 1 N–H and O–H groups in total. The van der Waals surface area contributed by atoms with E-state index >= 15 is 0 Å². The highest BCUT2D eigenvalue weighted by Crippen LogP contribution is 2.08. The van der Waals surface area contributed by atoms with Crippen LogP contribution in [0.2, 0.25) is 0 Å². The summed E-state index contributed by atoms with van der Waals surface area (Å²) in [5.74, 6) is -1.05. The van der Waals surface area contributed by atoms with Crippen LogP contribution in [0.5, 0.6) is 0 Å². The van der Waals surface area contributed by atoms with E-state index in [0.717, 1.165) is 16.7 Å². The van der Waals surface area contributed by atoms with Gasteiger partial charge in [0.05, 0.1) is 6.42 Å². The highest BCUT2D eigenvalue weighted by Gasteiger charge is 2.11. The number of ketones is 1. The quantitative estimate of drug-likeness (QED) is 0.585. The first-order valence-corrected chi connectivity index (χ1v) is 8.52. The van der Waals surface area contributed by atoms with Gasteiger partial charge in [-0.2, -0.15) is 0 Å². The van der Waals surface area contributed by atoms with Crippen molar-refractivity contribution in [2.75, 3.05) is 6.61 Å². The third kappa shape index (κ3) is 6.51. The SMILES string of the molecule is Cc1ccc(CNC(=O)COC(=O)CCC(=O)c2ccc(C)cc2)cc1. The second-order valence-electron chi connectivity index (χ2n) is 6.21. The molecule has 0 bridgehead atoms. The number of amides is 1. The molecule has 0 aromatic heterocycles. The largest absolute Gasteiger partial charge is 0.456 e. The number of aryl methyl sites for hydroxylation is 2. The van der Waals surface area contributed by atoms with Crippen molar-refractivity contribution in [1.82, 2.24) is 5.32 Å². The Morgan fingerprint density at radius 2 is 1.42 bits per heavy atom. The number of esters is 1. The number of Topliss-reactive ketones (excluding diaryl/α,β-unsaturated/α-hetero) is 1. The van der Waals surface area contributed by atoms with Crippen LogP contribution in [0.15, 0.2) is 48.5 Å². The first-order chi connectivity index (χ1) is 12.4. The molecule has 0 saturated heterocycles. The molecule has 2 rings (SSSR count). The molecule has 1 amide bonds. The van der Waals surface area contributed by atoms with Gasteiger partial charge in [0, 0.05) is 18.5 Å². The van der Waals surface area contributed by atoms with E-state index in [4.69, 9.17) is 4.74 Å². The fraction of sp³-hybridized carbons (Fsp3) is 0.286. The van der Waals surface area contributed by atoms with E-state index in [0.29, 0.717) is 12.1 Å². The minimum atomic E-state index is -0.559. The van der Waals surface area contributed by atoms with Gasteiger partial charge in [0.25, 0.3) is 5.91 Å². The zero-order valence-electron chi connectivity index (χ0n) is 15.1. The first kappa shape index (κ1) is 19.4. The van der Waals surface area contributed by atoms with Gasteiger partial charge in [-0.3, -0.25) is 14.4 Å². The third-order valence-electron chi connectivity index (χ3n) is 3.90. The van der Waals surface area contributed by atoms with E-state index in [1.165, 1.54) is 0 Å². The van der Waals surface area contributed by atoms with Crippen LogP contribution in [0.25, 0.3) is 0 Å². The zero-order valence-corrected chi connectivity index (χ0v) is 15.1. The van der Waals surface area contributed by atoms with Crippen LogP contribution in [0.1, 0.15) is 39.9 Å². The minimum Gasteiger partial charge on any atom is -0.456 e. The second-order valence-corrected chi connectivity index (χ2v) is 6.21. The van der Waals surface area contributed by atoms with Crippen molar-refractivity contribution in [2.45, 2.75) is 33.2 Å². The topological polar surface area (TPSA) is 72.5 Å². The van der Waals surface area contributed by atoms with E-state index in [9.17, 15) is 14.4 Å². The molecular formula is C21H23NO4. The molecule has 0 atom stereocenters. The lowest BCUT2D eigenvalue weighted by molar-refractivity contribution is -0.148. The molecule has 5 nitrogen and oxygen atoms in total. The monoisotopic (exact) mass is 353 g/mol. The van der Waals surface area contributed by atoms with Crippen molar-refractivity contribution in [2.24, 2.45) is 0 Å². The lowest BCUT2D eigenvalue weighted by atomic mass is 10.1. The van der Waals surface area contributed by atoms with Crippen LogP contribution in [0.4, 0.5) is 0 Å². The van der Waals surface area contributed by atoms with E-state index in [2.05, 4.69) is 5.32 Å². The van der Waals surface area contributed by atoms with Crippen molar-refractivity contribution in [1.29, 1.82) is 0 Å². The van der Waals surface area contributed by atoms with Crippen LogP contribution in [-0.4, -0.2) is 24.3 Å².